The van der Waals surface area contributed by atoms with Crippen molar-refractivity contribution in [2.75, 3.05) is 14.2 Å². The molecule has 1 aromatic rings. The molecule has 4 heteroatoms. The Balaban J connectivity index is 2.38. The second-order valence-corrected chi connectivity index (χ2v) is 4.94. The minimum absolute atomic E-state index is 0.00324. The molecule has 0 aromatic heterocycles. The highest BCUT2D eigenvalue weighted by Crippen LogP contribution is 2.19. The minimum atomic E-state index is 0.00324. The average molecular weight is 270 g/mol. The first-order valence-electron chi connectivity index (χ1n) is 6.08. The van der Waals surface area contributed by atoms with Crippen molar-refractivity contribution in [3.63, 3.8) is 0 Å². The lowest BCUT2D eigenvalue weighted by atomic mass is 10.0. The van der Waals surface area contributed by atoms with Gasteiger partial charge in [0.1, 0.15) is 0 Å². The maximum absolute atomic E-state index is 11.5. The number of carbonyl (C=O) groups excluding carboxylic acids is 1. The monoisotopic (exact) mass is 269 g/mol. The van der Waals surface area contributed by atoms with Crippen LogP contribution in [0.15, 0.2) is 24.3 Å². The molecule has 100 valence electrons. The van der Waals surface area contributed by atoms with Crippen molar-refractivity contribution in [3.05, 3.63) is 35.4 Å². The number of nitrogens with zero attached hydrogens (tertiary/aromatic N) is 1. The van der Waals surface area contributed by atoms with E-state index in [2.05, 4.69) is 12.1 Å². The van der Waals surface area contributed by atoms with Crippen LogP contribution in [0.3, 0.4) is 0 Å². The predicted molar refractivity (Wildman–Crippen MR) is 73.4 cm³/mol. The summed E-state index contributed by atoms with van der Waals surface area (Å²) in [6.07, 6.45) is 2.21. The van der Waals surface area contributed by atoms with Gasteiger partial charge < -0.3 is 0 Å². The average Bonchev–Trinajstić information content (AvgIpc) is 2.38. The molecule has 1 aromatic carbocycles. The lowest BCUT2D eigenvalue weighted by Crippen LogP contribution is -2.25. The first kappa shape index (κ1) is 15.0. The van der Waals surface area contributed by atoms with Crippen molar-refractivity contribution in [2.24, 2.45) is 0 Å². The van der Waals surface area contributed by atoms with Crippen LogP contribution in [0, 0.1) is 0 Å². The van der Waals surface area contributed by atoms with Gasteiger partial charge in [0, 0.05) is 13.5 Å². The van der Waals surface area contributed by atoms with E-state index in [1.54, 1.807) is 7.05 Å². The molecule has 0 fully saturated rings. The standard InChI is InChI=1S/C14H20ClNO2/c1-11(15)13-9-7-12(8-10-13)5-4-6-14(17)16(2)18-3/h7-11H,4-6H2,1-3H3. The van der Waals surface area contributed by atoms with Crippen LogP contribution in [-0.4, -0.2) is 25.1 Å². The molecule has 0 radical (unpaired) electrons. The minimum Gasteiger partial charge on any atom is -0.275 e. The van der Waals surface area contributed by atoms with Crippen molar-refractivity contribution >= 4 is 17.5 Å². The van der Waals surface area contributed by atoms with E-state index in [-0.39, 0.29) is 11.3 Å². The topological polar surface area (TPSA) is 29.5 Å². The molecule has 1 amide bonds. The molecule has 0 spiro atoms. The number of amides is 1. The first-order valence-corrected chi connectivity index (χ1v) is 6.51. The number of rotatable bonds is 6. The zero-order chi connectivity index (χ0) is 13.5. The van der Waals surface area contributed by atoms with Crippen LogP contribution in [0.4, 0.5) is 0 Å². The molecule has 0 N–H and O–H groups in total. The number of hydrogen-bond acceptors (Lipinski definition) is 2. The van der Waals surface area contributed by atoms with Gasteiger partial charge in [-0.25, -0.2) is 5.06 Å². The second-order valence-electron chi connectivity index (χ2n) is 4.28. The van der Waals surface area contributed by atoms with E-state index >= 15 is 0 Å². The number of hydroxylamine groups is 2. The van der Waals surface area contributed by atoms with Gasteiger partial charge in [0.2, 0.25) is 5.91 Å². The maximum Gasteiger partial charge on any atom is 0.245 e. The van der Waals surface area contributed by atoms with E-state index in [1.807, 2.05) is 19.1 Å². The molecular formula is C14H20ClNO2. The Labute approximate surface area is 114 Å². The Morgan fingerprint density at radius 3 is 2.50 bits per heavy atom. The molecule has 0 saturated heterocycles. The summed E-state index contributed by atoms with van der Waals surface area (Å²) in [6, 6.07) is 8.21. The van der Waals surface area contributed by atoms with E-state index in [0.717, 1.165) is 18.4 Å². The number of benzene rings is 1. The molecular weight excluding hydrogens is 250 g/mol. The second kappa shape index (κ2) is 7.39. The summed E-state index contributed by atoms with van der Waals surface area (Å²) < 4.78 is 0. The van der Waals surface area contributed by atoms with E-state index in [1.165, 1.54) is 17.7 Å². The fraction of sp³-hybridized carbons (Fsp3) is 0.500. The van der Waals surface area contributed by atoms with Crippen LogP contribution in [0.5, 0.6) is 0 Å². The Kier molecular flexibility index (Phi) is 6.16. The maximum atomic E-state index is 11.5. The predicted octanol–water partition coefficient (Wildman–Crippen LogP) is 3.33. The number of halogens is 1. The highest BCUT2D eigenvalue weighted by atomic mass is 35.5. The summed E-state index contributed by atoms with van der Waals surface area (Å²) in [4.78, 5) is 16.3. The molecule has 0 aliphatic rings. The van der Waals surface area contributed by atoms with Gasteiger partial charge in [-0.2, -0.15) is 0 Å². The van der Waals surface area contributed by atoms with Gasteiger partial charge in [-0.05, 0) is 30.9 Å². The summed E-state index contributed by atoms with van der Waals surface area (Å²) in [5, 5.41) is 1.30. The number of carbonyl (C=O) groups is 1. The molecule has 18 heavy (non-hydrogen) atoms. The van der Waals surface area contributed by atoms with Gasteiger partial charge >= 0.3 is 0 Å². The molecule has 0 bridgehead atoms. The number of aryl methyl sites for hydroxylation is 1. The summed E-state index contributed by atoms with van der Waals surface area (Å²) in [5.41, 5.74) is 2.35. The Bertz CT molecular complexity index is 376. The molecule has 0 saturated carbocycles. The van der Waals surface area contributed by atoms with Crippen LogP contribution in [0.1, 0.15) is 36.3 Å². The lowest BCUT2D eigenvalue weighted by molar-refractivity contribution is -0.168. The summed E-state index contributed by atoms with van der Waals surface area (Å²) >= 11 is 5.99. The SMILES string of the molecule is CON(C)C(=O)CCCc1ccc(C(C)Cl)cc1. The lowest BCUT2D eigenvalue weighted by Gasteiger charge is -2.13. The van der Waals surface area contributed by atoms with E-state index in [9.17, 15) is 4.79 Å². The highest BCUT2D eigenvalue weighted by molar-refractivity contribution is 6.20. The van der Waals surface area contributed by atoms with Gasteiger partial charge in [0.15, 0.2) is 0 Å². The van der Waals surface area contributed by atoms with Gasteiger partial charge in [-0.1, -0.05) is 24.3 Å². The van der Waals surface area contributed by atoms with Crippen molar-refractivity contribution in [1.82, 2.24) is 5.06 Å². The number of hydrogen-bond donors (Lipinski definition) is 0. The van der Waals surface area contributed by atoms with Crippen LogP contribution >= 0.6 is 11.6 Å². The summed E-state index contributed by atoms with van der Waals surface area (Å²) in [7, 11) is 3.11. The molecule has 0 aliphatic carbocycles. The molecule has 0 heterocycles. The Hall–Kier alpha value is -1.06. The smallest absolute Gasteiger partial charge is 0.245 e. The Morgan fingerprint density at radius 1 is 1.39 bits per heavy atom. The van der Waals surface area contributed by atoms with Gasteiger partial charge in [0.05, 0.1) is 12.5 Å². The normalized spacial score (nSPS) is 12.2. The molecule has 1 atom stereocenters. The third-order valence-corrected chi connectivity index (χ3v) is 3.17. The van der Waals surface area contributed by atoms with E-state index in [0.29, 0.717) is 6.42 Å². The van der Waals surface area contributed by atoms with Gasteiger partial charge in [-0.3, -0.25) is 9.63 Å². The third-order valence-electron chi connectivity index (χ3n) is 2.92. The zero-order valence-electron chi connectivity index (χ0n) is 11.1. The summed E-state index contributed by atoms with van der Waals surface area (Å²) in [5.74, 6) is 0.00324. The molecule has 1 rings (SSSR count). The van der Waals surface area contributed by atoms with Crippen molar-refractivity contribution in [1.29, 1.82) is 0 Å². The quantitative estimate of drug-likeness (QED) is 0.586. The van der Waals surface area contributed by atoms with Crippen LogP contribution in [-0.2, 0) is 16.1 Å². The zero-order valence-corrected chi connectivity index (χ0v) is 11.9. The number of alkyl halides is 1. The van der Waals surface area contributed by atoms with Crippen molar-refractivity contribution < 1.29 is 9.63 Å². The van der Waals surface area contributed by atoms with E-state index in [4.69, 9.17) is 16.4 Å². The molecule has 1 unspecified atom stereocenters. The van der Waals surface area contributed by atoms with Crippen molar-refractivity contribution in [2.45, 2.75) is 31.6 Å². The van der Waals surface area contributed by atoms with Gasteiger partial charge in [-0.15, -0.1) is 11.6 Å². The molecule has 3 nitrogen and oxygen atoms in total. The third kappa shape index (κ3) is 4.67. The Morgan fingerprint density at radius 2 is 2.00 bits per heavy atom. The fourth-order valence-corrected chi connectivity index (χ4v) is 1.80. The first-order chi connectivity index (χ1) is 8.54. The van der Waals surface area contributed by atoms with Crippen molar-refractivity contribution in [3.8, 4) is 0 Å². The summed E-state index contributed by atoms with van der Waals surface area (Å²) in [6.45, 7) is 1.95. The van der Waals surface area contributed by atoms with Gasteiger partial charge in [0.25, 0.3) is 0 Å². The largest absolute Gasteiger partial charge is 0.275 e. The van der Waals surface area contributed by atoms with Crippen LogP contribution in [0.25, 0.3) is 0 Å². The van der Waals surface area contributed by atoms with E-state index < -0.39 is 0 Å². The fourth-order valence-electron chi connectivity index (χ4n) is 1.65. The van der Waals surface area contributed by atoms with Crippen LogP contribution in [0.2, 0.25) is 0 Å². The highest BCUT2D eigenvalue weighted by Gasteiger charge is 2.07. The van der Waals surface area contributed by atoms with Crippen LogP contribution < -0.4 is 0 Å². The molecule has 0 aliphatic heterocycles.